The molecule has 2 aromatic rings. The monoisotopic (exact) mass is 434 g/mol. The van der Waals surface area contributed by atoms with Crippen molar-refractivity contribution in [2.24, 2.45) is 0 Å². The normalized spacial score (nSPS) is 10.8. The first-order valence-corrected chi connectivity index (χ1v) is 9.09. The van der Waals surface area contributed by atoms with Gasteiger partial charge in [-0.3, -0.25) is 4.79 Å². The molecule has 0 aliphatic heterocycles. The maximum absolute atomic E-state index is 12.4. The summed E-state index contributed by atoms with van der Waals surface area (Å²) < 4.78 is 10.4. The average Bonchev–Trinajstić information content (AvgIpc) is 2.65. The number of benzene rings is 2. The van der Waals surface area contributed by atoms with Crippen LogP contribution in [0.4, 0.5) is 5.69 Å². The van der Waals surface area contributed by atoms with E-state index in [0.29, 0.717) is 23.6 Å². The molecule has 0 heterocycles. The molecular weight excluding hydrogens is 419 g/mol. The Kier molecular flexibility index (Phi) is 7.89. The summed E-state index contributed by atoms with van der Waals surface area (Å²) in [6, 6.07) is 11.4. The Morgan fingerprint density at radius 1 is 1.21 bits per heavy atom. The van der Waals surface area contributed by atoms with Crippen LogP contribution in [0.2, 0.25) is 10.0 Å². The molecule has 0 aliphatic rings. The molecule has 0 saturated carbocycles. The second-order valence-electron chi connectivity index (χ2n) is 5.58. The zero-order valence-electron chi connectivity index (χ0n) is 15.2. The van der Waals surface area contributed by atoms with Crippen molar-refractivity contribution in [3.05, 3.63) is 57.6 Å². The number of nitrogens with one attached hydrogen (secondary N) is 1. The molecule has 7 nitrogen and oxygen atoms in total. The van der Waals surface area contributed by atoms with Crippen LogP contribution in [0.5, 0.6) is 11.5 Å². The van der Waals surface area contributed by atoms with Crippen molar-refractivity contribution in [2.75, 3.05) is 18.5 Å². The highest BCUT2D eigenvalue weighted by Crippen LogP contribution is 2.35. The van der Waals surface area contributed by atoms with Gasteiger partial charge in [0.15, 0.2) is 12.4 Å². The fraction of sp³-hybridized carbons (Fsp3) is 0.150. The Morgan fingerprint density at radius 2 is 1.90 bits per heavy atom. The summed E-state index contributed by atoms with van der Waals surface area (Å²) in [6.07, 6.45) is 1.31. The quantitative estimate of drug-likeness (QED) is 0.470. The highest BCUT2D eigenvalue weighted by molar-refractivity contribution is 6.37. The van der Waals surface area contributed by atoms with Gasteiger partial charge in [0.2, 0.25) is 0 Å². The van der Waals surface area contributed by atoms with Gasteiger partial charge in [0.05, 0.1) is 16.7 Å². The number of aliphatic carboxylic acids is 1. The lowest BCUT2D eigenvalue weighted by Crippen LogP contribution is -2.13. The summed E-state index contributed by atoms with van der Waals surface area (Å²) >= 11 is 12.1. The number of ether oxygens (including phenoxy) is 2. The maximum Gasteiger partial charge on any atom is 0.341 e. The maximum atomic E-state index is 12.4. The van der Waals surface area contributed by atoms with Gasteiger partial charge in [-0.2, -0.15) is 5.26 Å². The minimum Gasteiger partial charge on any atom is -0.494 e. The molecule has 0 atom stereocenters. The molecule has 9 heteroatoms. The van der Waals surface area contributed by atoms with Crippen molar-refractivity contribution < 1.29 is 24.2 Å². The van der Waals surface area contributed by atoms with Gasteiger partial charge in [-0.15, -0.1) is 0 Å². The van der Waals surface area contributed by atoms with E-state index >= 15 is 0 Å². The van der Waals surface area contributed by atoms with E-state index in [9.17, 15) is 14.9 Å². The van der Waals surface area contributed by atoms with Gasteiger partial charge in [0.1, 0.15) is 17.4 Å². The van der Waals surface area contributed by atoms with Crippen molar-refractivity contribution in [2.45, 2.75) is 6.92 Å². The van der Waals surface area contributed by atoms with Crippen molar-refractivity contribution in [3.8, 4) is 17.6 Å². The summed E-state index contributed by atoms with van der Waals surface area (Å²) in [7, 11) is 0. The predicted molar refractivity (Wildman–Crippen MR) is 109 cm³/mol. The summed E-state index contributed by atoms with van der Waals surface area (Å²) in [5.41, 5.74) is 0.658. The number of nitriles is 1. The number of carbonyl (C=O) groups excluding carboxylic acids is 1. The van der Waals surface area contributed by atoms with E-state index < -0.39 is 18.5 Å². The highest BCUT2D eigenvalue weighted by Gasteiger charge is 2.14. The Labute approximate surface area is 177 Å². The van der Waals surface area contributed by atoms with Crippen molar-refractivity contribution in [3.63, 3.8) is 0 Å². The summed E-state index contributed by atoms with van der Waals surface area (Å²) in [4.78, 5) is 23.1. The lowest BCUT2D eigenvalue weighted by atomic mass is 10.1. The minimum absolute atomic E-state index is 0.00332. The molecule has 0 radical (unpaired) electrons. The number of anilines is 1. The van der Waals surface area contributed by atoms with E-state index in [1.165, 1.54) is 18.2 Å². The summed E-state index contributed by atoms with van der Waals surface area (Å²) in [6.45, 7) is 1.71. The van der Waals surface area contributed by atoms with Crippen LogP contribution < -0.4 is 14.8 Å². The van der Waals surface area contributed by atoms with Crippen LogP contribution in [0.15, 0.2) is 42.0 Å². The molecule has 150 valence electrons. The molecular formula is C20H16Cl2N2O5. The molecule has 1 amide bonds. The van der Waals surface area contributed by atoms with Crippen LogP contribution in [0.1, 0.15) is 12.5 Å². The van der Waals surface area contributed by atoms with Crippen molar-refractivity contribution >= 4 is 46.8 Å². The fourth-order valence-corrected chi connectivity index (χ4v) is 2.89. The molecule has 0 saturated heterocycles. The third kappa shape index (κ3) is 6.42. The third-order valence-electron chi connectivity index (χ3n) is 3.44. The molecule has 0 spiro atoms. The van der Waals surface area contributed by atoms with Gasteiger partial charge in [-0.1, -0.05) is 29.3 Å². The minimum atomic E-state index is -1.18. The average molecular weight is 435 g/mol. The molecule has 0 aliphatic carbocycles. The zero-order valence-corrected chi connectivity index (χ0v) is 16.8. The van der Waals surface area contributed by atoms with E-state index in [2.05, 4.69) is 5.32 Å². The SMILES string of the molecule is CCOc1cccc(NC(=O)/C(C#N)=C/c2cc(Cl)c(OCC(=O)O)c(Cl)c2)c1. The van der Waals surface area contributed by atoms with Gasteiger partial charge in [-0.05, 0) is 42.8 Å². The first kappa shape index (κ1) is 22.1. The molecule has 2 rings (SSSR count). The molecule has 0 unspecified atom stereocenters. The number of carbonyl (C=O) groups is 2. The zero-order chi connectivity index (χ0) is 21.4. The van der Waals surface area contributed by atoms with Gasteiger partial charge >= 0.3 is 5.97 Å². The van der Waals surface area contributed by atoms with Crippen LogP contribution in [-0.4, -0.2) is 30.2 Å². The van der Waals surface area contributed by atoms with Gasteiger partial charge in [0, 0.05) is 11.8 Å². The number of carboxylic acids is 1. The molecule has 0 fully saturated rings. The predicted octanol–water partition coefficient (Wildman–Crippen LogP) is 4.40. The van der Waals surface area contributed by atoms with Crippen molar-refractivity contribution in [1.82, 2.24) is 0 Å². The third-order valence-corrected chi connectivity index (χ3v) is 4.00. The molecule has 2 aromatic carbocycles. The molecule has 29 heavy (non-hydrogen) atoms. The van der Waals surface area contributed by atoms with E-state index in [4.69, 9.17) is 37.8 Å². The number of halogens is 2. The lowest BCUT2D eigenvalue weighted by Gasteiger charge is -2.10. The second-order valence-corrected chi connectivity index (χ2v) is 6.40. The highest BCUT2D eigenvalue weighted by atomic mass is 35.5. The van der Waals surface area contributed by atoms with Crippen molar-refractivity contribution in [1.29, 1.82) is 5.26 Å². The summed E-state index contributed by atoms with van der Waals surface area (Å²) in [5.74, 6) is -1.22. The first-order valence-electron chi connectivity index (χ1n) is 8.33. The largest absolute Gasteiger partial charge is 0.494 e. The molecule has 0 aromatic heterocycles. The molecule has 2 N–H and O–H groups in total. The van der Waals surface area contributed by atoms with E-state index in [-0.39, 0.29) is 21.4 Å². The second kappa shape index (κ2) is 10.4. The van der Waals surface area contributed by atoms with Crippen LogP contribution in [0, 0.1) is 11.3 Å². The summed E-state index contributed by atoms with van der Waals surface area (Å²) in [5, 5.41) is 20.8. The van der Waals surface area contributed by atoms with Gasteiger partial charge < -0.3 is 19.9 Å². The Hall–Kier alpha value is -3.21. The molecule has 0 bridgehead atoms. The number of hydrogen-bond donors (Lipinski definition) is 2. The number of carboxylic acid groups (broad SMARTS) is 1. The number of nitrogens with zero attached hydrogens (tertiary/aromatic N) is 1. The lowest BCUT2D eigenvalue weighted by molar-refractivity contribution is -0.139. The Balaban J connectivity index is 2.22. The van der Waals surface area contributed by atoms with Crippen LogP contribution >= 0.6 is 23.2 Å². The van der Waals surface area contributed by atoms with Crippen LogP contribution in [0.25, 0.3) is 6.08 Å². The first-order chi connectivity index (χ1) is 13.8. The van der Waals surface area contributed by atoms with Gasteiger partial charge in [-0.25, -0.2) is 4.79 Å². The smallest absolute Gasteiger partial charge is 0.341 e. The number of amides is 1. The Bertz CT molecular complexity index is 976. The van der Waals surface area contributed by atoms with E-state index in [0.717, 1.165) is 0 Å². The van der Waals surface area contributed by atoms with E-state index in [1.54, 1.807) is 24.3 Å². The fourth-order valence-electron chi connectivity index (χ4n) is 2.28. The van der Waals surface area contributed by atoms with Gasteiger partial charge in [0.25, 0.3) is 5.91 Å². The van der Waals surface area contributed by atoms with Crippen LogP contribution in [-0.2, 0) is 9.59 Å². The van der Waals surface area contributed by atoms with Crippen LogP contribution in [0.3, 0.4) is 0 Å². The Morgan fingerprint density at radius 3 is 2.48 bits per heavy atom. The number of rotatable bonds is 8. The topological polar surface area (TPSA) is 109 Å². The number of hydrogen-bond acceptors (Lipinski definition) is 5. The van der Waals surface area contributed by atoms with E-state index in [1.807, 2.05) is 13.0 Å². The standard InChI is InChI=1S/C20H16Cl2N2O5/c1-2-28-15-5-3-4-14(9-15)24-20(27)13(10-23)6-12-7-16(21)19(17(22)8-12)29-11-18(25)26/h3-9H,2,11H2,1H3,(H,24,27)(H,25,26)/b13-6+.